The molecule has 0 radical (unpaired) electrons. The van der Waals surface area contributed by atoms with Crippen LogP contribution < -0.4 is 4.74 Å². The molecule has 0 atom stereocenters. The van der Waals surface area contributed by atoms with E-state index in [1.54, 1.807) is 19.1 Å². The maximum atomic E-state index is 11.4. The Labute approximate surface area is 117 Å². The van der Waals surface area contributed by atoms with Crippen LogP contribution in [0.3, 0.4) is 0 Å². The summed E-state index contributed by atoms with van der Waals surface area (Å²) in [5.41, 5.74) is 0.649. The normalized spacial score (nSPS) is 9.70. The largest absolute Gasteiger partial charge is 0.490 e. The van der Waals surface area contributed by atoms with Gasteiger partial charge in [0.15, 0.2) is 5.78 Å². The maximum Gasteiger partial charge on any atom is 0.333 e. The number of hydrogen-bond acceptors (Lipinski definition) is 5. The number of carbonyl (C=O) groups is 3. The Kier molecular flexibility index (Phi) is 5.65. The molecule has 1 rings (SSSR count). The topological polar surface area (TPSA) is 69.7 Å². The molecular weight excluding hydrogens is 260 g/mol. The van der Waals surface area contributed by atoms with Gasteiger partial charge in [0.2, 0.25) is 5.78 Å². The molecule has 0 aliphatic rings. The molecule has 20 heavy (non-hydrogen) atoms. The van der Waals surface area contributed by atoms with E-state index in [2.05, 4.69) is 6.58 Å². The first kappa shape index (κ1) is 15.6. The van der Waals surface area contributed by atoms with Crippen LogP contribution in [-0.2, 0) is 14.3 Å². The summed E-state index contributed by atoms with van der Waals surface area (Å²) in [4.78, 5) is 33.4. The Hall–Kier alpha value is -2.43. The molecule has 0 unspecified atom stereocenters. The van der Waals surface area contributed by atoms with Crippen LogP contribution in [-0.4, -0.2) is 30.7 Å². The highest BCUT2D eigenvalue weighted by atomic mass is 16.6. The Morgan fingerprint density at radius 1 is 1.05 bits per heavy atom. The molecule has 0 N–H and O–H groups in total. The van der Waals surface area contributed by atoms with E-state index >= 15 is 0 Å². The van der Waals surface area contributed by atoms with E-state index in [4.69, 9.17) is 9.47 Å². The van der Waals surface area contributed by atoms with Crippen LogP contribution in [0.15, 0.2) is 36.4 Å². The summed E-state index contributed by atoms with van der Waals surface area (Å²) in [6.45, 7) is 6.55. The molecular formula is C15H16O5. The van der Waals surface area contributed by atoms with E-state index in [1.807, 2.05) is 0 Å². The number of hydrogen-bond donors (Lipinski definition) is 0. The smallest absolute Gasteiger partial charge is 0.333 e. The fraction of sp³-hybridized carbons (Fsp3) is 0.267. The third-order valence-electron chi connectivity index (χ3n) is 2.37. The predicted molar refractivity (Wildman–Crippen MR) is 72.7 cm³/mol. The van der Waals surface area contributed by atoms with Crippen molar-refractivity contribution in [1.82, 2.24) is 0 Å². The number of rotatable bonds is 7. The second-order valence-electron chi connectivity index (χ2n) is 4.17. The number of benzene rings is 1. The molecule has 0 heterocycles. The molecule has 5 nitrogen and oxygen atoms in total. The Morgan fingerprint density at radius 2 is 1.65 bits per heavy atom. The number of ketones is 2. The SMILES string of the molecule is C=C(C)C(=O)OCCOc1ccc(C(=O)C(C)=O)cc1. The first-order chi connectivity index (χ1) is 9.41. The minimum absolute atomic E-state index is 0.111. The Morgan fingerprint density at radius 3 is 2.15 bits per heavy atom. The summed E-state index contributed by atoms with van der Waals surface area (Å²) in [5, 5.41) is 0. The van der Waals surface area contributed by atoms with E-state index in [1.165, 1.54) is 19.1 Å². The van der Waals surface area contributed by atoms with Crippen molar-refractivity contribution in [1.29, 1.82) is 0 Å². The van der Waals surface area contributed by atoms with Crippen LogP contribution in [0.1, 0.15) is 24.2 Å². The van der Waals surface area contributed by atoms with Crippen LogP contribution in [0.4, 0.5) is 0 Å². The van der Waals surface area contributed by atoms with Crippen LogP contribution in [0.2, 0.25) is 0 Å². The number of ether oxygens (including phenoxy) is 2. The van der Waals surface area contributed by atoms with E-state index in [0.29, 0.717) is 16.9 Å². The van der Waals surface area contributed by atoms with Gasteiger partial charge in [0.25, 0.3) is 0 Å². The average Bonchev–Trinajstić information content (AvgIpc) is 2.43. The van der Waals surface area contributed by atoms with Gasteiger partial charge in [-0.05, 0) is 31.2 Å². The lowest BCUT2D eigenvalue weighted by Gasteiger charge is -2.07. The van der Waals surface area contributed by atoms with Gasteiger partial charge in [-0.1, -0.05) is 6.58 Å². The Bertz CT molecular complexity index is 528. The van der Waals surface area contributed by atoms with Crippen LogP contribution in [0, 0.1) is 0 Å². The average molecular weight is 276 g/mol. The molecule has 0 bridgehead atoms. The fourth-order valence-electron chi connectivity index (χ4n) is 1.32. The van der Waals surface area contributed by atoms with Crippen molar-refractivity contribution in [2.75, 3.05) is 13.2 Å². The molecule has 1 aromatic rings. The zero-order valence-electron chi connectivity index (χ0n) is 11.5. The first-order valence-electron chi connectivity index (χ1n) is 6.02. The summed E-state index contributed by atoms with van der Waals surface area (Å²) in [6.07, 6.45) is 0. The molecule has 0 saturated heterocycles. The molecule has 0 saturated carbocycles. The van der Waals surface area contributed by atoms with Crippen LogP contribution >= 0.6 is 0 Å². The van der Waals surface area contributed by atoms with E-state index in [9.17, 15) is 14.4 Å². The van der Waals surface area contributed by atoms with E-state index < -0.39 is 17.5 Å². The fourth-order valence-corrected chi connectivity index (χ4v) is 1.32. The minimum atomic E-state index is -0.535. The highest BCUT2D eigenvalue weighted by Gasteiger charge is 2.10. The van der Waals surface area contributed by atoms with Gasteiger partial charge in [-0.15, -0.1) is 0 Å². The highest BCUT2D eigenvalue weighted by molar-refractivity contribution is 6.42. The van der Waals surface area contributed by atoms with Crippen molar-refractivity contribution in [2.24, 2.45) is 0 Å². The summed E-state index contributed by atoms with van der Waals surface area (Å²) in [7, 11) is 0. The molecule has 0 aromatic heterocycles. The van der Waals surface area contributed by atoms with E-state index in [-0.39, 0.29) is 13.2 Å². The van der Waals surface area contributed by atoms with Gasteiger partial charge in [0, 0.05) is 18.1 Å². The molecule has 1 aromatic carbocycles. The van der Waals surface area contributed by atoms with Crippen molar-refractivity contribution >= 4 is 17.5 Å². The summed E-state index contributed by atoms with van der Waals surface area (Å²) in [6, 6.07) is 6.19. The quantitative estimate of drug-likeness (QED) is 0.250. The Balaban J connectivity index is 2.43. The molecule has 0 fully saturated rings. The molecule has 106 valence electrons. The predicted octanol–water partition coefficient (Wildman–Crippen LogP) is 1.96. The molecule has 0 spiro atoms. The standard InChI is InChI=1S/C15H16O5/c1-10(2)15(18)20-9-8-19-13-6-4-12(5-7-13)14(17)11(3)16/h4-7H,1,8-9H2,2-3H3. The van der Waals surface area contributed by atoms with Crippen molar-refractivity contribution in [3.8, 4) is 5.75 Å². The second kappa shape index (κ2) is 7.23. The maximum absolute atomic E-state index is 11.4. The van der Waals surface area contributed by atoms with Crippen molar-refractivity contribution in [2.45, 2.75) is 13.8 Å². The van der Waals surface area contributed by atoms with Gasteiger partial charge in [-0.2, -0.15) is 0 Å². The molecule has 0 aliphatic heterocycles. The van der Waals surface area contributed by atoms with Crippen LogP contribution in [0.5, 0.6) is 5.75 Å². The molecule has 0 aliphatic carbocycles. The second-order valence-corrected chi connectivity index (χ2v) is 4.17. The number of esters is 1. The van der Waals surface area contributed by atoms with E-state index in [0.717, 1.165) is 0 Å². The highest BCUT2D eigenvalue weighted by Crippen LogP contribution is 2.12. The van der Waals surface area contributed by atoms with Crippen molar-refractivity contribution < 1.29 is 23.9 Å². The zero-order chi connectivity index (χ0) is 15.1. The van der Waals surface area contributed by atoms with Crippen molar-refractivity contribution in [3.63, 3.8) is 0 Å². The van der Waals surface area contributed by atoms with Gasteiger partial charge < -0.3 is 9.47 Å². The molecule has 0 amide bonds. The van der Waals surface area contributed by atoms with Crippen LogP contribution in [0.25, 0.3) is 0 Å². The zero-order valence-corrected chi connectivity index (χ0v) is 11.5. The number of Topliss-reactive ketones (excluding diaryl/α,β-unsaturated/α-hetero) is 2. The third-order valence-corrected chi connectivity index (χ3v) is 2.37. The van der Waals surface area contributed by atoms with Gasteiger partial charge in [-0.3, -0.25) is 9.59 Å². The van der Waals surface area contributed by atoms with Gasteiger partial charge in [-0.25, -0.2) is 4.79 Å². The van der Waals surface area contributed by atoms with Gasteiger partial charge in [0.05, 0.1) is 0 Å². The van der Waals surface area contributed by atoms with Gasteiger partial charge >= 0.3 is 5.97 Å². The first-order valence-corrected chi connectivity index (χ1v) is 6.02. The lowest BCUT2D eigenvalue weighted by Crippen LogP contribution is -2.12. The summed E-state index contributed by atoms with van der Waals surface area (Å²) >= 11 is 0. The summed E-state index contributed by atoms with van der Waals surface area (Å²) in [5.74, 6) is -0.982. The van der Waals surface area contributed by atoms with Gasteiger partial charge in [0.1, 0.15) is 19.0 Å². The summed E-state index contributed by atoms with van der Waals surface area (Å²) < 4.78 is 10.2. The monoisotopic (exact) mass is 276 g/mol. The minimum Gasteiger partial charge on any atom is -0.490 e. The van der Waals surface area contributed by atoms with Crippen molar-refractivity contribution in [3.05, 3.63) is 42.0 Å². The number of carbonyl (C=O) groups excluding carboxylic acids is 3. The lowest BCUT2D eigenvalue weighted by atomic mass is 10.1. The third kappa shape index (κ3) is 4.68. The lowest BCUT2D eigenvalue weighted by molar-refractivity contribution is -0.139. The molecule has 5 heteroatoms.